The summed E-state index contributed by atoms with van der Waals surface area (Å²) < 4.78 is 37.9. The number of rotatable bonds is 5. The van der Waals surface area contributed by atoms with Crippen LogP contribution in [0.5, 0.6) is 5.75 Å². The quantitative estimate of drug-likeness (QED) is 0.816. The monoisotopic (exact) mass is 272 g/mol. The lowest BCUT2D eigenvalue weighted by Gasteiger charge is -2.36. The number of hydrogen-bond acceptors (Lipinski definition) is 5. The lowest BCUT2D eigenvalue weighted by molar-refractivity contribution is -0.120. The minimum Gasteiger partial charge on any atom is -0.380 e. The van der Waals surface area contributed by atoms with E-state index in [9.17, 15) is 8.42 Å². The fourth-order valence-corrected chi connectivity index (χ4v) is 2.31. The van der Waals surface area contributed by atoms with E-state index in [0.29, 0.717) is 13.2 Å². The maximum Gasteiger partial charge on any atom is 0.449 e. The van der Waals surface area contributed by atoms with Crippen LogP contribution in [0.25, 0.3) is 0 Å². The van der Waals surface area contributed by atoms with Crippen molar-refractivity contribution in [3.05, 3.63) is 29.8 Å². The number of ether oxygens (including phenoxy) is 1. The Morgan fingerprint density at radius 1 is 1.28 bits per heavy atom. The Kier molecular flexibility index (Phi) is 3.61. The van der Waals surface area contributed by atoms with Crippen molar-refractivity contribution in [2.24, 2.45) is 5.41 Å². The van der Waals surface area contributed by atoms with Crippen LogP contribution in [0.15, 0.2) is 24.3 Å². The molecule has 1 aliphatic heterocycles. The van der Waals surface area contributed by atoms with Crippen LogP contribution in [0, 0.1) is 12.3 Å². The molecule has 5 nitrogen and oxygen atoms in total. The highest BCUT2D eigenvalue weighted by Crippen LogP contribution is 2.27. The van der Waals surface area contributed by atoms with Gasteiger partial charge in [0, 0.05) is 5.41 Å². The lowest BCUT2D eigenvalue weighted by atomic mass is 9.90. The van der Waals surface area contributed by atoms with Crippen molar-refractivity contribution in [2.45, 2.75) is 13.8 Å². The first-order valence-corrected chi connectivity index (χ1v) is 6.95. The highest BCUT2D eigenvalue weighted by atomic mass is 32.3. The minimum absolute atomic E-state index is 0.0706. The summed E-state index contributed by atoms with van der Waals surface area (Å²) in [6.45, 7) is 4.89. The summed E-state index contributed by atoms with van der Waals surface area (Å²) in [5.41, 5.74) is 0.795. The van der Waals surface area contributed by atoms with Gasteiger partial charge >= 0.3 is 10.4 Å². The summed E-state index contributed by atoms with van der Waals surface area (Å²) in [5.74, 6) is 0.246. The molecule has 0 bridgehead atoms. The largest absolute Gasteiger partial charge is 0.449 e. The highest BCUT2D eigenvalue weighted by molar-refractivity contribution is 7.82. The maximum atomic E-state index is 11.6. The lowest BCUT2D eigenvalue weighted by Crippen LogP contribution is -2.44. The third kappa shape index (κ3) is 3.44. The molecule has 0 aliphatic carbocycles. The summed E-state index contributed by atoms with van der Waals surface area (Å²) in [5, 5.41) is 0. The molecule has 1 aromatic carbocycles. The molecule has 1 heterocycles. The van der Waals surface area contributed by atoms with E-state index in [-0.39, 0.29) is 17.8 Å². The third-order valence-corrected chi connectivity index (χ3v) is 3.48. The molecular weight excluding hydrogens is 256 g/mol. The molecule has 1 fully saturated rings. The average Bonchev–Trinajstić information content (AvgIpc) is 2.27. The molecule has 0 aromatic heterocycles. The maximum absolute atomic E-state index is 11.6. The van der Waals surface area contributed by atoms with Crippen LogP contribution in [0.4, 0.5) is 0 Å². The second-order valence-electron chi connectivity index (χ2n) is 4.87. The molecule has 0 unspecified atom stereocenters. The zero-order valence-electron chi connectivity index (χ0n) is 10.4. The molecule has 100 valence electrons. The minimum atomic E-state index is -4.01. The van der Waals surface area contributed by atoms with E-state index in [0.717, 1.165) is 5.56 Å². The van der Waals surface area contributed by atoms with Gasteiger partial charge in [-0.25, -0.2) is 4.18 Å². The van der Waals surface area contributed by atoms with Crippen molar-refractivity contribution in [1.29, 1.82) is 0 Å². The SMILES string of the molecule is Cc1ccc(OS(=O)(=O)OCC2(C)COC2)cc1. The van der Waals surface area contributed by atoms with E-state index in [4.69, 9.17) is 13.1 Å². The van der Waals surface area contributed by atoms with E-state index in [1.54, 1.807) is 24.3 Å². The summed E-state index contributed by atoms with van der Waals surface area (Å²) >= 11 is 0. The fraction of sp³-hybridized carbons (Fsp3) is 0.500. The van der Waals surface area contributed by atoms with Crippen LogP contribution in [0.2, 0.25) is 0 Å². The second-order valence-corrected chi connectivity index (χ2v) is 6.09. The topological polar surface area (TPSA) is 61.8 Å². The predicted octanol–water partition coefficient (Wildman–Crippen LogP) is 1.67. The van der Waals surface area contributed by atoms with Crippen molar-refractivity contribution >= 4 is 10.4 Å². The van der Waals surface area contributed by atoms with Crippen LogP contribution in [-0.4, -0.2) is 28.2 Å². The summed E-state index contributed by atoms with van der Waals surface area (Å²) in [7, 11) is -4.01. The Bertz CT molecular complexity index is 502. The van der Waals surface area contributed by atoms with Gasteiger partial charge in [0.15, 0.2) is 0 Å². The summed E-state index contributed by atoms with van der Waals surface area (Å²) in [6.07, 6.45) is 0. The standard InChI is InChI=1S/C12H16O5S/c1-10-3-5-11(6-4-10)17-18(13,14)16-9-12(2)7-15-8-12/h3-6H,7-9H2,1-2H3. The predicted molar refractivity (Wildman–Crippen MR) is 65.6 cm³/mol. The summed E-state index contributed by atoms with van der Waals surface area (Å²) in [4.78, 5) is 0. The molecule has 6 heteroatoms. The molecule has 0 saturated carbocycles. The summed E-state index contributed by atoms with van der Waals surface area (Å²) in [6, 6.07) is 6.71. The van der Waals surface area contributed by atoms with Crippen LogP contribution < -0.4 is 4.18 Å². The molecule has 0 spiro atoms. The van der Waals surface area contributed by atoms with Gasteiger partial charge in [0.2, 0.25) is 0 Å². The Morgan fingerprint density at radius 2 is 1.89 bits per heavy atom. The first-order chi connectivity index (χ1) is 8.39. The molecule has 1 saturated heterocycles. The van der Waals surface area contributed by atoms with E-state index in [1.807, 2.05) is 13.8 Å². The van der Waals surface area contributed by atoms with Crippen LogP contribution >= 0.6 is 0 Å². The molecule has 18 heavy (non-hydrogen) atoms. The van der Waals surface area contributed by atoms with Gasteiger partial charge in [-0.05, 0) is 19.1 Å². The van der Waals surface area contributed by atoms with E-state index in [2.05, 4.69) is 0 Å². The molecule has 2 rings (SSSR count). The molecule has 0 radical (unpaired) electrons. The number of aryl methyl sites for hydroxylation is 1. The molecule has 1 aromatic rings. The van der Waals surface area contributed by atoms with Gasteiger partial charge in [-0.1, -0.05) is 24.6 Å². The average molecular weight is 272 g/mol. The number of benzene rings is 1. The smallest absolute Gasteiger partial charge is 0.380 e. The molecule has 0 amide bonds. The van der Waals surface area contributed by atoms with Gasteiger partial charge in [0.1, 0.15) is 5.75 Å². The van der Waals surface area contributed by atoms with Crippen molar-refractivity contribution in [1.82, 2.24) is 0 Å². The van der Waals surface area contributed by atoms with Gasteiger partial charge in [0.05, 0.1) is 19.8 Å². The van der Waals surface area contributed by atoms with Gasteiger partial charge in [-0.2, -0.15) is 8.42 Å². The van der Waals surface area contributed by atoms with E-state index in [1.165, 1.54) is 0 Å². The molecular formula is C12H16O5S. The van der Waals surface area contributed by atoms with Crippen LogP contribution in [-0.2, 0) is 19.3 Å². The van der Waals surface area contributed by atoms with Crippen molar-refractivity contribution in [3.8, 4) is 5.75 Å². The molecule has 1 aliphatic rings. The highest BCUT2D eigenvalue weighted by Gasteiger charge is 2.35. The Balaban J connectivity index is 1.92. The Hall–Kier alpha value is -1.11. The normalized spacial score (nSPS) is 18.1. The van der Waals surface area contributed by atoms with Crippen LogP contribution in [0.1, 0.15) is 12.5 Å². The van der Waals surface area contributed by atoms with Gasteiger partial charge in [-0.15, -0.1) is 0 Å². The van der Waals surface area contributed by atoms with Crippen molar-refractivity contribution < 1.29 is 21.5 Å². The van der Waals surface area contributed by atoms with E-state index >= 15 is 0 Å². The van der Waals surface area contributed by atoms with E-state index < -0.39 is 10.4 Å². The fourth-order valence-electron chi connectivity index (χ4n) is 1.48. The first kappa shape index (κ1) is 13.3. The Morgan fingerprint density at radius 3 is 2.39 bits per heavy atom. The van der Waals surface area contributed by atoms with Gasteiger partial charge in [0.25, 0.3) is 0 Å². The van der Waals surface area contributed by atoms with Crippen molar-refractivity contribution in [2.75, 3.05) is 19.8 Å². The Labute approximate surface area is 107 Å². The molecule has 0 atom stereocenters. The second kappa shape index (κ2) is 4.87. The first-order valence-electron chi connectivity index (χ1n) is 5.62. The zero-order valence-corrected chi connectivity index (χ0v) is 11.2. The third-order valence-electron chi connectivity index (χ3n) is 2.67. The van der Waals surface area contributed by atoms with Crippen molar-refractivity contribution in [3.63, 3.8) is 0 Å². The molecule has 0 N–H and O–H groups in total. The van der Waals surface area contributed by atoms with Crippen LogP contribution in [0.3, 0.4) is 0 Å². The zero-order chi connectivity index (χ0) is 13.2. The van der Waals surface area contributed by atoms with Gasteiger partial charge < -0.3 is 8.92 Å². The number of hydrogen-bond donors (Lipinski definition) is 0. The van der Waals surface area contributed by atoms with Gasteiger partial charge in [-0.3, -0.25) is 0 Å².